The summed E-state index contributed by atoms with van der Waals surface area (Å²) in [5.74, 6) is -1.47. The highest BCUT2D eigenvalue weighted by Crippen LogP contribution is 2.44. The average Bonchev–Trinajstić information content (AvgIpc) is 3.54. The Morgan fingerprint density at radius 2 is 1.71 bits per heavy atom. The van der Waals surface area contributed by atoms with Crippen molar-refractivity contribution in [2.24, 2.45) is 13.0 Å². The van der Waals surface area contributed by atoms with Gasteiger partial charge >= 0.3 is 12.1 Å². The lowest BCUT2D eigenvalue weighted by atomic mass is 9.98. The van der Waals surface area contributed by atoms with E-state index in [4.69, 9.17) is 9.84 Å². The smallest absolute Gasteiger partial charge is 0.407 e. The zero-order valence-electron chi connectivity index (χ0n) is 19.2. The van der Waals surface area contributed by atoms with Gasteiger partial charge in [-0.2, -0.15) is 5.10 Å². The maximum atomic E-state index is 12.6. The van der Waals surface area contributed by atoms with Crippen LogP contribution >= 0.6 is 0 Å². The number of amides is 2. The van der Waals surface area contributed by atoms with Crippen LogP contribution in [0.2, 0.25) is 0 Å². The number of nitrogens with zero attached hydrogens (tertiary/aromatic N) is 2. The summed E-state index contributed by atoms with van der Waals surface area (Å²) in [6, 6.07) is 17.5. The average molecular weight is 475 g/mol. The number of ether oxygens (including phenoxy) is 1. The molecule has 2 aliphatic rings. The van der Waals surface area contributed by atoms with Crippen LogP contribution in [-0.4, -0.2) is 45.5 Å². The monoisotopic (exact) mass is 474 g/mol. The Labute approximate surface area is 202 Å². The van der Waals surface area contributed by atoms with Crippen LogP contribution in [0.15, 0.2) is 54.6 Å². The van der Waals surface area contributed by atoms with Crippen molar-refractivity contribution in [1.29, 1.82) is 0 Å². The van der Waals surface area contributed by atoms with Gasteiger partial charge in [-0.05, 0) is 41.5 Å². The van der Waals surface area contributed by atoms with Gasteiger partial charge in [-0.1, -0.05) is 48.5 Å². The predicted molar refractivity (Wildman–Crippen MR) is 128 cm³/mol. The van der Waals surface area contributed by atoms with Crippen LogP contribution in [-0.2, 0) is 16.6 Å². The first-order chi connectivity index (χ1) is 16.9. The van der Waals surface area contributed by atoms with Gasteiger partial charge < -0.3 is 20.5 Å². The molecule has 3 N–H and O–H groups in total. The van der Waals surface area contributed by atoms with E-state index in [9.17, 15) is 14.4 Å². The number of benzene rings is 2. The van der Waals surface area contributed by atoms with Crippen LogP contribution in [0, 0.1) is 5.92 Å². The third-order valence-electron chi connectivity index (χ3n) is 6.82. The predicted octanol–water partition coefficient (Wildman–Crippen LogP) is 3.76. The van der Waals surface area contributed by atoms with Crippen LogP contribution in [0.3, 0.4) is 0 Å². The fourth-order valence-corrected chi connectivity index (χ4v) is 5.11. The lowest BCUT2D eigenvalue weighted by molar-refractivity contribution is -0.119. The van der Waals surface area contributed by atoms with Crippen LogP contribution in [0.1, 0.15) is 46.8 Å². The van der Waals surface area contributed by atoms with Crippen molar-refractivity contribution in [2.45, 2.75) is 31.2 Å². The number of nitrogens with one attached hydrogen (secondary N) is 2. The minimum atomic E-state index is -1.12. The molecule has 180 valence electrons. The van der Waals surface area contributed by atoms with Gasteiger partial charge in [0.05, 0.1) is 0 Å². The van der Waals surface area contributed by atoms with Crippen molar-refractivity contribution < 1.29 is 24.2 Å². The molecule has 35 heavy (non-hydrogen) atoms. The van der Waals surface area contributed by atoms with Gasteiger partial charge in [0.1, 0.15) is 12.3 Å². The van der Waals surface area contributed by atoms with Crippen molar-refractivity contribution in [3.63, 3.8) is 0 Å². The summed E-state index contributed by atoms with van der Waals surface area (Å²) in [5, 5.41) is 18.7. The number of hydrogen-bond acceptors (Lipinski definition) is 5. The van der Waals surface area contributed by atoms with Gasteiger partial charge in [0.15, 0.2) is 5.82 Å². The van der Waals surface area contributed by atoms with Gasteiger partial charge in [0.2, 0.25) is 5.91 Å². The molecule has 0 aliphatic heterocycles. The molecule has 0 saturated heterocycles. The third kappa shape index (κ3) is 4.49. The second-order valence-electron chi connectivity index (χ2n) is 9.01. The lowest BCUT2D eigenvalue weighted by Gasteiger charge is -2.17. The SMILES string of the molecule is Cn1nc(NC(=O)[C@H]2CC[C@@H](NC(=O)OCC3c4ccccc4-c4ccccc43)C2)cc1C(=O)O. The number of carbonyl (C=O) groups is 3. The number of carboxylic acids is 1. The maximum absolute atomic E-state index is 12.6. The fourth-order valence-electron chi connectivity index (χ4n) is 5.11. The van der Waals surface area contributed by atoms with E-state index in [0.29, 0.717) is 19.3 Å². The first-order valence-corrected chi connectivity index (χ1v) is 11.6. The summed E-state index contributed by atoms with van der Waals surface area (Å²) in [6.45, 7) is 0.238. The van der Waals surface area contributed by atoms with Crippen LogP contribution < -0.4 is 10.6 Å². The molecule has 2 aliphatic carbocycles. The first kappa shape index (κ1) is 22.6. The van der Waals surface area contributed by atoms with E-state index in [1.807, 2.05) is 24.3 Å². The van der Waals surface area contributed by atoms with Crippen LogP contribution in [0.4, 0.5) is 10.6 Å². The van der Waals surface area contributed by atoms with E-state index >= 15 is 0 Å². The summed E-state index contributed by atoms with van der Waals surface area (Å²) in [7, 11) is 1.50. The Kier molecular flexibility index (Phi) is 5.98. The van der Waals surface area contributed by atoms with Crippen LogP contribution in [0.5, 0.6) is 0 Å². The van der Waals surface area contributed by atoms with Gasteiger partial charge in [0.25, 0.3) is 0 Å². The highest BCUT2D eigenvalue weighted by Gasteiger charge is 2.33. The number of carboxylic acid groups (broad SMARTS) is 1. The van der Waals surface area contributed by atoms with E-state index in [1.165, 1.54) is 28.9 Å². The Morgan fingerprint density at radius 1 is 1.06 bits per heavy atom. The van der Waals surface area contributed by atoms with Gasteiger partial charge in [0, 0.05) is 31.0 Å². The number of carbonyl (C=O) groups excluding carboxylic acids is 2. The summed E-state index contributed by atoms with van der Waals surface area (Å²) < 4.78 is 6.81. The lowest BCUT2D eigenvalue weighted by Crippen LogP contribution is -2.35. The number of aromatic nitrogens is 2. The second kappa shape index (κ2) is 9.25. The van der Waals surface area contributed by atoms with E-state index in [-0.39, 0.29) is 41.9 Å². The Morgan fingerprint density at radius 3 is 2.34 bits per heavy atom. The molecule has 0 bridgehead atoms. The number of fused-ring (bicyclic) bond motifs is 3. The van der Waals surface area contributed by atoms with Gasteiger partial charge in [-0.3, -0.25) is 9.48 Å². The Hall–Kier alpha value is -4.14. The third-order valence-corrected chi connectivity index (χ3v) is 6.82. The second-order valence-corrected chi connectivity index (χ2v) is 9.01. The largest absolute Gasteiger partial charge is 0.477 e. The molecule has 1 fully saturated rings. The number of alkyl carbamates (subject to hydrolysis) is 1. The van der Waals surface area contributed by atoms with E-state index in [1.54, 1.807) is 0 Å². The number of aryl methyl sites for hydroxylation is 1. The first-order valence-electron chi connectivity index (χ1n) is 11.6. The summed E-state index contributed by atoms with van der Waals surface area (Å²) in [4.78, 5) is 36.3. The highest BCUT2D eigenvalue weighted by molar-refractivity contribution is 5.94. The van der Waals surface area contributed by atoms with Crippen LogP contribution in [0.25, 0.3) is 11.1 Å². The molecule has 3 aromatic rings. The molecule has 5 rings (SSSR count). The number of anilines is 1. The van der Waals surface area contributed by atoms with Crippen molar-refractivity contribution in [3.8, 4) is 11.1 Å². The molecule has 2 aromatic carbocycles. The molecule has 2 atom stereocenters. The molecule has 1 heterocycles. The number of hydrogen-bond donors (Lipinski definition) is 3. The number of rotatable bonds is 6. The van der Waals surface area contributed by atoms with Crippen molar-refractivity contribution in [1.82, 2.24) is 15.1 Å². The molecule has 9 heteroatoms. The molecule has 0 unspecified atom stereocenters. The molecule has 9 nitrogen and oxygen atoms in total. The van der Waals surface area contributed by atoms with Gasteiger partial charge in [-0.15, -0.1) is 0 Å². The molecule has 1 aromatic heterocycles. The molecular formula is C26H26N4O5. The van der Waals surface area contributed by atoms with Crippen molar-refractivity contribution >= 4 is 23.8 Å². The molecular weight excluding hydrogens is 448 g/mol. The molecule has 0 radical (unpaired) electrons. The zero-order chi connectivity index (χ0) is 24.5. The maximum Gasteiger partial charge on any atom is 0.407 e. The van der Waals surface area contributed by atoms with Gasteiger partial charge in [-0.25, -0.2) is 9.59 Å². The molecule has 1 saturated carbocycles. The normalized spacial score (nSPS) is 18.5. The summed E-state index contributed by atoms with van der Waals surface area (Å²) >= 11 is 0. The zero-order valence-corrected chi connectivity index (χ0v) is 19.2. The minimum absolute atomic E-state index is 0.00989. The molecule has 0 spiro atoms. The highest BCUT2D eigenvalue weighted by atomic mass is 16.5. The number of aromatic carboxylic acids is 1. The quantitative estimate of drug-likeness (QED) is 0.500. The van der Waals surface area contributed by atoms with Crippen molar-refractivity contribution in [3.05, 3.63) is 71.4 Å². The topological polar surface area (TPSA) is 123 Å². The Balaban J connectivity index is 1.14. The summed E-state index contributed by atoms with van der Waals surface area (Å²) in [6.07, 6.45) is 1.26. The van der Waals surface area contributed by atoms with E-state index in [2.05, 4.69) is 40.0 Å². The van der Waals surface area contributed by atoms with E-state index < -0.39 is 12.1 Å². The van der Waals surface area contributed by atoms with E-state index in [0.717, 1.165) is 11.1 Å². The summed E-state index contributed by atoms with van der Waals surface area (Å²) in [5.41, 5.74) is 4.64. The fraction of sp³-hybridized carbons (Fsp3) is 0.308. The molecule has 2 amide bonds. The Bertz CT molecular complexity index is 1250. The minimum Gasteiger partial charge on any atom is -0.477 e. The van der Waals surface area contributed by atoms with Crippen molar-refractivity contribution in [2.75, 3.05) is 11.9 Å². The standard InChI is InChI=1S/C26H26N4O5/c1-30-22(25(32)33)13-23(29-30)28-24(31)15-10-11-16(12-15)27-26(34)35-14-21-19-8-4-2-6-17(19)18-7-3-5-9-20(18)21/h2-9,13,15-16,21H,10-12,14H2,1H3,(H,27,34)(H,32,33)(H,28,29,31)/t15-,16+/m0/s1.